The number of ether oxygens (including phenoxy) is 2. The van der Waals surface area contributed by atoms with Crippen LogP contribution in [0.15, 0.2) is 18.2 Å². The number of rotatable bonds is 8. The number of carbonyl (C=O) groups excluding carboxylic acids is 3. The molecule has 0 bridgehead atoms. The van der Waals surface area contributed by atoms with E-state index >= 15 is 0 Å². The SMILES string of the molecule is CC[C@H](C)[C@H](NC(=O)COC(=O)c1ccc2c(c1)nnn2CC)C(=O)OC. The molecule has 1 N–H and O–H groups in total. The third kappa shape index (κ3) is 4.81. The summed E-state index contributed by atoms with van der Waals surface area (Å²) in [5.41, 5.74) is 1.64. The molecule has 1 aromatic heterocycles. The van der Waals surface area contributed by atoms with Crippen LogP contribution in [0.5, 0.6) is 0 Å². The molecule has 2 atom stereocenters. The Kier molecular flexibility index (Phi) is 6.86. The van der Waals surface area contributed by atoms with E-state index in [0.29, 0.717) is 18.5 Å². The lowest BCUT2D eigenvalue weighted by atomic mass is 9.99. The normalized spacial score (nSPS) is 13.0. The number of esters is 2. The molecule has 27 heavy (non-hydrogen) atoms. The first kappa shape index (κ1) is 20.3. The fraction of sp³-hybridized carbons (Fsp3) is 0.500. The molecule has 0 aliphatic carbocycles. The first-order valence-corrected chi connectivity index (χ1v) is 8.78. The van der Waals surface area contributed by atoms with Gasteiger partial charge in [0.15, 0.2) is 6.61 Å². The molecule has 9 nitrogen and oxygen atoms in total. The van der Waals surface area contributed by atoms with E-state index in [1.165, 1.54) is 7.11 Å². The number of methoxy groups -OCH3 is 1. The maximum Gasteiger partial charge on any atom is 0.338 e. The Hall–Kier alpha value is -2.97. The maximum atomic E-state index is 12.2. The molecule has 2 aromatic rings. The summed E-state index contributed by atoms with van der Waals surface area (Å²) < 4.78 is 11.5. The van der Waals surface area contributed by atoms with Crippen LogP contribution in [0.3, 0.4) is 0 Å². The third-order valence-electron chi connectivity index (χ3n) is 4.37. The summed E-state index contributed by atoms with van der Waals surface area (Å²) in [7, 11) is 1.26. The zero-order valence-electron chi connectivity index (χ0n) is 15.9. The number of aromatic nitrogens is 3. The van der Waals surface area contributed by atoms with Crippen LogP contribution in [0.1, 0.15) is 37.6 Å². The van der Waals surface area contributed by atoms with Crippen molar-refractivity contribution < 1.29 is 23.9 Å². The summed E-state index contributed by atoms with van der Waals surface area (Å²) in [6.45, 7) is 5.83. The second-order valence-corrected chi connectivity index (χ2v) is 6.14. The van der Waals surface area contributed by atoms with Gasteiger partial charge in [0.05, 0.1) is 18.2 Å². The van der Waals surface area contributed by atoms with Crippen molar-refractivity contribution >= 4 is 28.9 Å². The minimum atomic E-state index is -0.786. The highest BCUT2D eigenvalue weighted by Crippen LogP contribution is 2.14. The molecule has 0 spiro atoms. The largest absolute Gasteiger partial charge is 0.467 e. The zero-order valence-corrected chi connectivity index (χ0v) is 15.9. The molecule has 146 valence electrons. The number of aryl methyl sites for hydroxylation is 1. The Morgan fingerprint density at radius 1 is 1.26 bits per heavy atom. The van der Waals surface area contributed by atoms with Crippen LogP contribution < -0.4 is 5.32 Å². The van der Waals surface area contributed by atoms with E-state index in [-0.39, 0.29) is 11.5 Å². The van der Waals surface area contributed by atoms with Crippen molar-refractivity contribution in [2.75, 3.05) is 13.7 Å². The summed E-state index contributed by atoms with van der Waals surface area (Å²) >= 11 is 0. The highest BCUT2D eigenvalue weighted by Gasteiger charge is 2.27. The maximum absolute atomic E-state index is 12.2. The molecule has 0 radical (unpaired) electrons. The van der Waals surface area contributed by atoms with Crippen molar-refractivity contribution in [1.82, 2.24) is 20.3 Å². The van der Waals surface area contributed by atoms with Crippen LogP contribution in [0.4, 0.5) is 0 Å². The summed E-state index contributed by atoms with van der Waals surface area (Å²) in [5.74, 6) is -1.87. The predicted molar refractivity (Wildman–Crippen MR) is 96.9 cm³/mol. The van der Waals surface area contributed by atoms with Gasteiger partial charge in [0, 0.05) is 6.54 Å². The predicted octanol–water partition coefficient (Wildman–Crippen LogP) is 1.31. The molecule has 0 saturated carbocycles. The molecule has 9 heteroatoms. The molecule has 0 saturated heterocycles. The lowest BCUT2D eigenvalue weighted by Gasteiger charge is -2.21. The van der Waals surface area contributed by atoms with Crippen LogP contribution >= 0.6 is 0 Å². The summed E-state index contributed by atoms with van der Waals surface area (Å²) in [6.07, 6.45) is 0.679. The Morgan fingerprint density at radius 2 is 2.00 bits per heavy atom. The first-order chi connectivity index (χ1) is 12.9. The number of hydrogen-bond acceptors (Lipinski definition) is 7. The van der Waals surface area contributed by atoms with Gasteiger partial charge in [-0.05, 0) is 31.0 Å². The second-order valence-electron chi connectivity index (χ2n) is 6.14. The van der Waals surface area contributed by atoms with Gasteiger partial charge in [-0.15, -0.1) is 5.10 Å². The molecule has 0 aliphatic rings. The molecule has 1 aromatic carbocycles. The minimum absolute atomic E-state index is 0.110. The molecule has 1 heterocycles. The standard InChI is InChI=1S/C18H24N4O5/c1-5-11(3)16(18(25)26-4)19-15(23)10-27-17(24)12-7-8-14-13(9-12)20-21-22(14)6-2/h7-9,11,16H,5-6,10H2,1-4H3,(H,19,23)/t11-,16-/m0/s1. The van der Waals surface area contributed by atoms with E-state index < -0.39 is 30.5 Å². The van der Waals surface area contributed by atoms with Gasteiger partial charge in [-0.2, -0.15) is 0 Å². The van der Waals surface area contributed by atoms with Crippen molar-refractivity contribution in [3.05, 3.63) is 23.8 Å². The molecule has 0 unspecified atom stereocenters. The Morgan fingerprint density at radius 3 is 2.63 bits per heavy atom. The van der Waals surface area contributed by atoms with Crippen LogP contribution in [0.25, 0.3) is 11.0 Å². The Balaban J connectivity index is 1.97. The van der Waals surface area contributed by atoms with Gasteiger partial charge in [-0.3, -0.25) is 4.79 Å². The Labute approximate surface area is 157 Å². The van der Waals surface area contributed by atoms with Crippen molar-refractivity contribution in [2.24, 2.45) is 5.92 Å². The van der Waals surface area contributed by atoms with E-state index in [2.05, 4.69) is 15.6 Å². The van der Waals surface area contributed by atoms with Gasteiger partial charge in [0.1, 0.15) is 11.6 Å². The minimum Gasteiger partial charge on any atom is -0.467 e. The molecule has 0 aliphatic heterocycles. The van der Waals surface area contributed by atoms with E-state index in [1.807, 2.05) is 20.8 Å². The van der Waals surface area contributed by atoms with Gasteiger partial charge in [0.2, 0.25) is 0 Å². The molecular formula is C18H24N4O5. The van der Waals surface area contributed by atoms with Crippen molar-refractivity contribution in [1.29, 1.82) is 0 Å². The lowest BCUT2D eigenvalue weighted by Crippen LogP contribution is -2.47. The number of nitrogens with zero attached hydrogens (tertiary/aromatic N) is 3. The molecular weight excluding hydrogens is 352 g/mol. The van der Waals surface area contributed by atoms with Crippen LogP contribution in [-0.4, -0.2) is 52.6 Å². The number of amides is 1. The highest BCUT2D eigenvalue weighted by atomic mass is 16.5. The average Bonchev–Trinajstić information content (AvgIpc) is 3.11. The van der Waals surface area contributed by atoms with Gasteiger partial charge >= 0.3 is 11.9 Å². The Bertz CT molecular complexity index is 832. The average molecular weight is 376 g/mol. The van der Waals surface area contributed by atoms with Crippen LogP contribution in [0, 0.1) is 5.92 Å². The quantitative estimate of drug-likeness (QED) is 0.691. The van der Waals surface area contributed by atoms with Crippen molar-refractivity contribution in [3.63, 3.8) is 0 Å². The smallest absolute Gasteiger partial charge is 0.338 e. The van der Waals surface area contributed by atoms with E-state index in [4.69, 9.17) is 9.47 Å². The summed E-state index contributed by atoms with van der Waals surface area (Å²) in [4.78, 5) is 36.0. The van der Waals surface area contributed by atoms with Crippen molar-refractivity contribution in [2.45, 2.75) is 39.8 Å². The fourth-order valence-corrected chi connectivity index (χ4v) is 2.56. The monoisotopic (exact) mass is 376 g/mol. The number of hydrogen-bond donors (Lipinski definition) is 1. The molecule has 2 rings (SSSR count). The first-order valence-electron chi connectivity index (χ1n) is 8.78. The summed E-state index contributed by atoms with van der Waals surface area (Å²) in [5, 5.41) is 10.5. The van der Waals surface area contributed by atoms with Gasteiger partial charge in [0.25, 0.3) is 5.91 Å². The number of benzene rings is 1. The molecule has 1 amide bonds. The third-order valence-corrected chi connectivity index (χ3v) is 4.37. The van der Waals surface area contributed by atoms with Crippen molar-refractivity contribution in [3.8, 4) is 0 Å². The number of nitrogens with one attached hydrogen (secondary N) is 1. The summed E-state index contributed by atoms with van der Waals surface area (Å²) in [6, 6.07) is 4.09. The number of carbonyl (C=O) groups is 3. The van der Waals surface area contributed by atoms with E-state index in [9.17, 15) is 14.4 Å². The second kappa shape index (κ2) is 9.11. The van der Waals surface area contributed by atoms with Gasteiger partial charge in [-0.25, -0.2) is 14.3 Å². The zero-order chi connectivity index (χ0) is 20.0. The lowest BCUT2D eigenvalue weighted by molar-refractivity contribution is -0.147. The fourth-order valence-electron chi connectivity index (χ4n) is 2.56. The van der Waals surface area contributed by atoms with Gasteiger partial charge in [-0.1, -0.05) is 25.5 Å². The van der Waals surface area contributed by atoms with E-state index in [1.54, 1.807) is 22.9 Å². The number of fused-ring (bicyclic) bond motifs is 1. The van der Waals surface area contributed by atoms with Gasteiger partial charge < -0.3 is 14.8 Å². The topological polar surface area (TPSA) is 112 Å². The molecule has 0 fully saturated rings. The van der Waals surface area contributed by atoms with Crippen LogP contribution in [-0.2, 0) is 25.6 Å². The highest BCUT2D eigenvalue weighted by molar-refractivity contribution is 5.95. The van der Waals surface area contributed by atoms with Crippen LogP contribution in [0.2, 0.25) is 0 Å². The van der Waals surface area contributed by atoms with E-state index in [0.717, 1.165) is 5.52 Å².